The number of carbonyl (C=O) groups is 2. The van der Waals surface area contributed by atoms with Gasteiger partial charge < -0.3 is 15.0 Å². The molecule has 0 fully saturated rings. The molecule has 0 unspecified atom stereocenters. The Labute approximate surface area is 182 Å². The predicted molar refractivity (Wildman–Crippen MR) is 111 cm³/mol. The standard InChI is InChI=1S/C24H19F3N2O3/c1-14-24(31)29(12-15-5-2-3-6-18(15)25)13-16-11-17(9-10-21(16)32-14)28-23(30)22-19(26)7-4-8-20(22)27/h2-11,14H,12-13H2,1H3,(H,28,30)/t14-/m0/s1. The average Bonchev–Trinajstić information content (AvgIpc) is 2.86. The lowest BCUT2D eigenvalue weighted by molar-refractivity contribution is -0.138. The Morgan fingerprint density at radius 2 is 1.72 bits per heavy atom. The van der Waals surface area contributed by atoms with E-state index < -0.39 is 35.0 Å². The Hall–Kier alpha value is -3.81. The minimum atomic E-state index is -0.976. The van der Waals surface area contributed by atoms with Crippen molar-refractivity contribution in [3.8, 4) is 5.75 Å². The highest BCUT2D eigenvalue weighted by Gasteiger charge is 2.29. The molecule has 5 nitrogen and oxygen atoms in total. The number of ether oxygens (including phenoxy) is 1. The summed E-state index contributed by atoms with van der Waals surface area (Å²) in [5.41, 5.74) is 0.498. The summed E-state index contributed by atoms with van der Waals surface area (Å²) in [5.74, 6) is -3.21. The van der Waals surface area contributed by atoms with Crippen LogP contribution in [0.1, 0.15) is 28.4 Å². The van der Waals surface area contributed by atoms with Crippen LogP contribution in [0.3, 0.4) is 0 Å². The lowest BCUT2D eigenvalue weighted by atomic mass is 10.1. The zero-order valence-corrected chi connectivity index (χ0v) is 17.1. The van der Waals surface area contributed by atoms with Crippen LogP contribution < -0.4 is 10.1 Å². The fourth-order valence-corrected chi connectivity index (χ4v) is 3.55. The summed E-state index contributed by atoms with van der Waals surface area (Å²) in [7, 11) is 0. The largest absolute Gasteiger partial charge is 0.481 e. The topological polar surface area (TPSA) is 58.6 Å². The lowest BCUT2D eigenvalue weighted by Crippen LogP contribution is -2.37. The third kappa shape index (κ3) is 4.30. The number of nitrogens with zero attached hydrogens (tertiary/aromatic N) is 1. The number of rotatable bonds is 4. The number of benzene rings is 3. The van der Waals surface area contributed by atoms with Crippen LogP contribution in [0.2, 0.25) is 0 Å². The van der Waals surface area contributed by atoms with E-state index in [1.807, 2.05) is 0 Å². The number of fused-ring (bicyclic) bond motifs is 1. The molecule has 0 aliphatic carbocycles. The quantitative estimate of drug-likeness (QED) is 0.642. The number of halogens is 3. The van der Waals surface area contributed by atoms with Crippen molar-refractivity contribution in [3.63, 3.8) is 0 Å². The summed E-state index contributed by atoms with van der Waals surface area (Å²) < 4.78 is 47.7. The highest BCUT2D eigenvalue weighted by atomic mass is 19.1. The zero-order valence-electron chi connectivity index (χ0n) is 17.1. The van der Waals surface area contributed by atoms with E-state index in [0.29, 0.717) is 16.9 Å². The molecule has 1 N–H and O–H groups in total. The summed E-state index contributed by atoms with van der Waals surface area (Å²) >= 11 is 0. The molecule has 0 spiro atoms. The van der Waals surface area contributed by atoms with E-state index in [-0.39, 0.29) is 24.7 Å². The van der Waals surface area contributed by atoms with Gasteiger partial charge in [0.25, 0.3) is 11.8 Å². The van der Waals surface area contributed by atoms with Gasteiger partial charge in [-0.3, -0.25) is 9.59 Å². The van der Waals surface area contributed by atoms with Crippen molar-refractivity contribution in [2.45, 2.75) is 26.1 Å². The molecule has 164 valence electrons. The second-order valence-electron chi connectivity index (χ2n) is 7.42. The molecule has 0 aromatic heterocycles. The Morgan fingerprint density at radius 1 is 1.03 bits per heavy atom. The summed E-state index contributed by atoms with van der Waals surface area (Å²) in [6.07, 6.45) is -0.795. The van der Waals surface area contributed by atoms with Crippen molar-refractivity contribution in [1.82, 2.24) is 4.90 Å². The van der Waals surface area contributed by atoms with Gasteiger partial charge in [0.2, 0.25) is 0 Å². The minimum Gasteiger partial charge on any atom is -0.481 e. The molecule has 1 heterocycles. The first kappa shape index (κ1) is 21.4. The number of anilines is 1. The highest BCUT2D eigenvalue weighted by molar-refractivity contribution is 6.04. The highest BCUT2D eigenvalue weighted by Crippen LogP contribution is 2.30. The van der Waals surface area contributed by atoms with Crippen LogP contribution in [0.15, 0.2) is 60.7 Å². The van der Waals surface area contributed by atoms with Crippen LogP contribution in [0.25, 0.3) is 0 Å². The first-order valence-electron chi connectivity index (χ1n) is 9.90. The van der Waals surface area contributed by atoms with Crippen molar-refractivity contribution in [2.24, 2.45) is 0 Å². The van der Waals surface area contributed by atoms with Gasteiger partial charge >= 0.3 is 0 Å². The zero-order chi connectivity index (χ0) is 22.8. The molecule has 1 aliphatic heterocycles. The smallest absolute Gasteiger partial charge is 0.263 e. The van der Waals surface area contributed by atoms with E-state index in [1.54, 1.807) is 37.3 Å². The number of hydrogen-bond acceptors (Lipinski definition) is 3. The Balaban J connectivity index is 1.60. The van der Waals surface area contributed by atoms with Gasteiger partial charge in [0.15, 0.2) is 6.10 Å². The van der Waals surface area contributed by atoms with Crippen molar-refractivity contribution < 1.29 is 27.5 Å². The van der Waals surface area contributed by atoms with E-state index >= 15 is 0 Å². The first-order chi connectivity index (χ1) is 15.3. The maximum Gasteiger partial charge on any atom is 0.263 e. The molecule has 0 bridgehead atoms. The Kier molecular flexibility index (Phi) is 5.85. The lowest BCUT2D eigenvalue weighted by Gasteiger charge is -2.22. The van der Waals surface area contributed by atoms with Gasteiger partial charge in [0, 0.05) is 29.9 Å². The molecule has 3 aromatic carbocycles. The number of hydrogen-bond donors (Lipinski definition) is 1. The van der Waals surface area contributed by atoms with Crippen LogP contribution in [-0.4, -0.2) is 22.8 Å². The molecular weight excluding hydrogens is 421 g/mol. The molecule has 2 amide bonds. The van der Waals surface area contributed by atoms with E-state index in [1.165, 1.54) is 23.1 Å². The van der Waals surface area contributed by atoms with E-state index in [9.17, 15) is 22.8 Å². The van der Waals surface area contributed by atoms with Gasteiger partial charge in [-0.05, 0) is 43.3 Å². The molecule has 0 saturated carbocycles. The van der Waals surface area contributed by atoms with E-state index in [2.05, 4.69) is 5.32 Å². The molecule has 1 aliphatic rings. The Bertz CT molecular complexity index is 1180. The molecule has 0 radical (unpaired) electrons. The fraction of sp³-hybridized carbons (Fsp3) is 0.167. The molecule has 0 saturated heterocycles. The van der Waals surface area contributed by atoms with Gasteiger partial charge in [-0.25, -0.2) is 13.2 Å². The molecule has 4 rings (SSSR count). The first-order valence-corrected chi connectivity index (χ1v) is 9.90. The summed E-state index contributed by atoms with van der Waals surface area (Å²) in [6.45, 7) is 1.74. The maximum absolute atomic E-state index is 14.1. The SMILES string of the molecule is C[C@@H]1Oc2ccc(NC(=O)c3c(F)cccc3F)cc2CN(Cc2ccccc2F)C1=O. The summed E-state index contributed by atoms with van der Waals surface area (Å²) in [5, 5.41) is 2.47. The van der Waals surface area contributed by atoms with Crippen LogP contribution in [0, 0.1) is 17.5 Å². The molecular formula is C24H19F3N2O3. The van der Waals surface area contributed by atoms with Crippen molar-refractivity contribution in [2.75, 3.05) is 5.32 Å². The van der Waals surface area contributed by atoms with Gasteiger partial charge in [-0.1, -0.05) is 24.3 Å². The van der Waals surface area contributed by atoms with Gasteiger partial charge in [0.1, 0.15) is 28.8 Å². The fourth-order valence-electron chi connectivity index (χ4n) is 3.55. The predicted octanol–water partition coefficient (Wildman–Crippen LogP) is 4.67. The second-order valence-corrected chi connectivity index (χ2v) is 7.42. The second kappa shape index (κ2) is 8.74. The van der Waals surface area contributed by atoms with Crippen molar-refractivity contribution in [3.05, 3.63) is 94.8 Å². The Morgan fingerprint density at radius 3 is 2.44 bits per heavy atom. The molecule has 8 heteroatoms. The van der Waals surface area contributed by atoms with Crippen molar-refractivity contribution in [1.29, 1.82) is 0 Å². The summed E-state index contributed by atoms with van der Waals surface area (Å²) in [4.78, 5) is 26.6. The molecule has 3 aromatic rings. The van der Waals surface area contributed by atoms with Crippen LogP contribution in [-0.2, 0) is 17.9 Å². The molecule has 32 heavy (non-hydrogen) atoms. The number of nitrogens with one attached hydrogen (secondary N) is 1. The van der Waals surface area contributed by atoms with Crippen molar-refractivity contribution >= 4 is 17.5 Å². The normalized spacial score (nSPS) is 15.6. The number of carbonyl (C=O) groups excluding carboxylic acids is 2. The minimum absolute atomic E-state index is 0.0374. The van der Waals surface area contributed by atoms with Gasteiger partial charge in [-0.2, -0.15) is 0 Å². The van der Waals surface area contributed by atoms with E-state index in [0.717, 1.165) is 12.1 Å². The number of amides is 2. The average molecular weight is 440 g/mol. The van der Waals surface area contributed by atoms with Crippen LogP contribution in [0.5, 0.6) is 5.75 Å². The van der Waals surface area contributed by atoms with E-state index in [4.69, 9.17) is 4.74 Å². The van der Waals surface area contributed by atoms with Crippen LogP contribution >= 0.6 is 0 Å². The van der Waals surface area contributed by atoms with Gasteiger partial charge in [-0.15, -0.1) is 0 Å². The monoisotopic (exact) mass is 440 g/mol. The molecule has 1 atom stereocenters. The third-order valence-corrected chi connectivity index (χ3v) is 5.15. The van der Waals surface area contributed by atoms with Gasteiger partial charge in [0.05, 0.1) is 0 Å². The maximum atomic E-state index is 14.1. The third-order valence-electron chi connectivity index (χ3n) is 5.15. The van der Waals surface area contributed by atoms with Crippen LogP contribution in [0.4, 0.5) is 18.9 Å². The summed E-state index contributed by atoms with van der Waals surface area (Å²) in [6, 6.07) is 14.0.